The van der Waals surface area contributed by atoms with Crippen molar-refractivity contribution in [2.75, 3.05) is 32.8 Å². The molecule has 0 bridgehead atoms. The molecule has 2 aromatic carbocycles. The van der Waals surface area contributed by atoms with E-state index in [0.29, 0.717) is 24.0 Å². The predicted octanol–water partition coefficient (Wildman–Crippen LogP) is 1.02. The predicted molar refractivity (Wildman–Crippen MR) is 185 cm³/mol. The zero-order valence-electron chi connectivity index (χ0n) is 29.2. The number of hydrogen-bond acceptors (Lipinski definition) is 12. The van der Waals surface area contributed by atoms with Crippen LogP contribution in [0.5, 0.6) is 0 Å². The van der Waals surface area contributed by atoms with Crippen LogP contribution in [-0.2, 0) is 36.6 Å². The van der Waals surface area contributed by atoms with E-state index >= 15 is 0 Å². The van der Waals surface area contributed by atoms with Crippen molar-refractivity contribution in [3.05, 3.63) is 81.2 Å². The Morgan fingerprint density at radius 2 is 1.31 bits per heavy atom. The lowest BCUT2D eigenvalue weighted by atomic mass is 9.75. The second-order valence-electron chi connectivity index (χ2n) is 13.0. The molecule has 0 radical (unpaired) electrons. The van der Waals surface area contributed by atoms with Crippen molar-refractivity contribution < 1.29 is 53.8 Å². The van der Waals surface area contributed by atoms with Crippen LogP contribution in [0.2, 0.25) is 0 Å². The molecule has 2 amide bonds. The minimum absolute atomic E-state index is 0.0118. The molecule has 0 unspecified atom stereocenters. The van der Waals surface area contributed by atoms with E-state index < -0.39 is 73.2 Å². The van der Waals surface area contributed by atoms with E-state index in [4.69, 9.17) is 19.7 Å². The Morgan fingerprint density at radius 3 is 1.77 bits per heavy atom. The molecule has 282 valence electrons. The number of ether oxygens (including phenoxy) is 3. The summed E-state index contributed by atoms with van der Waals surface area (Å²) in [7, 11) is 0. The van der Waals surface area contributed by atoms with Gasteiger partial charge in [-0.1, -0.05) is 53.6 Å². The smallest absolute Gasteiger partial charge is 0.224 e. The van der Waals surface area contributed by atoms with Gasteiger partial charge in [-0.2, -0.15) is 0 Å². The number of rotatable bonds is 17. The first kappa shape index (κ1) is 40.5. The number of hydrogen-bond donors (Lipinski definition) is 6. The number of carbonyl (C=O) groups is 4. The SMILES string of the molecule is CC(=O)c1ccc(CCNC(=O)[C@H]2C[C@H](OCCN=[N+]=[N-])[C@@H](O[C@H]3O[C@H](CO)[C@@H](O)[C@H](O)[C@@H]3O)C[C@@H]2C(=O)NCCc2ccc(C(C)=O)cc2)cc1. The summed E-state index contributed by atoms with van der Waals surface area (Å²) in [6, 6.07) is 14.1. The highest BCUT2D eigenvalue weighted by molar-refractivity contribution is 5.94. The van der Waals surface area contributed by atoms with Crippen LogP contribution in [0.1, 0.15) is 58.5 Å². The molecule has 0 aromatic heterocycles. The van der Waals surface area contributed by atoms with E-state index in [1.807, 2.05) is 12.1 Å². The Hall–Kier alpha value is -4.25. The summed E-state index contributed by atoms with van der Waals surface area (Å²) in [4.78, 5) is 53.6. The van der Waals surface area contributed by atoms with E-state index in [1.165, 1.54) is 13.8 Å². The highest BCUT2D eigenvalue weighted by Gasteiger charge is 2.49. The molecule has 16 heteroatoms. The number of carbonyl (C=O) groups excluding carboxylic acids is 4. The van der Waals surface area contributed by atoms with Gasteiger partial charge in [0.2, 0.25) is 11.8 Å². The molecule has 4 rings (SSSR count). The Bertz CT molecular complexity index is 1570. The minimum Gasteiger partial charge on any atom is -0.394 e. The van der Waals surface area contributed by atoms with Gasteiger partial charge < -0.3 is 45.3 Å². The van der Waals surface area contributed by atoms with Gasteiger partial charge in [-0.05, 0) is 56.2 Å². The highest BCUT2D eigenvalue weighted by atomic mass is 16.7. The highest BCUT2D eigenvalue weighted by Crippen LogP contribution is 2.36. The molecule has 2 fully saturated rings. The average molecular weight is 726 g/mol. The topological polar surface area (TPSA) is 250 Å². The molecular weight excluding hydrogens is 678 g/mol. The summed E-state index contributed by atoms with van der Waals surface area (Å²) < 4.78 is 17.7. The Morgan fingerprint density at radius 1 is 0.808 bits per heavy atom. The number of nitrogens with one attached hydrogen (secondary N) is 2. The summed E-state index contributed by atoms with van der Waals surface area (Å²) in [5.74, 6) is -2.80. The van der Waals surface area contributed by atoms with Crippen LogP contribution in [0, 0.1) is 11.8 Å². The molecule has 0 spiro atoms. The lowest BCUT2D eigenvalue weighted by Crippen LogP contribution is -2.61. The van der Waals surface area contributed by atoms with Gasteiger partial charge in [0.05, 0.1) is 37.3 Å². The molecule has 16 nitrogen and oxygen atoms in total. The summed E-state index contributed by atoms with van der Waals surface area (Å²) in [6.45, 7) is 2.67. The van der Waals surface area contributed by atoms with E-state index in [-0.39, 0.29) is 50.6 Å². The van der Waals surface area contributed by atoms with Crippen LogP contribution in [0.25, 0.3) is 10.4 Å². The number of benzene rings is 2. The van der Waals surface area contributed by atoms with Gasteiger partial charge in [-0.15, -0.1) is 0 Å². The monoisotopic (exact) mass is 725 g/mol. The first-order valence-electron chi connectivity index (χ1n) is 17.3. The molecular formula is C36H47N5O11. The van der Waals surface area contributed by atoms with Gasteiger partial charge >= 0.3 is 0 Å². The van der Waals surface area contributed by atoms with Crippen molar-refractivity contribution in [3.8, 4) is 0 Å². The summed E-state index contributed by atoms with van der Waals surface area (Å²) in [5.41, 5.74) is 11.7. The Labute approximate surface area is 301 Å². The Kier molecular flexibility index (Phi) is 15.2. The quantitative estimate of drug-likeness (QED) is 0.0442. The second kappa shape index (κ2) is 19.5. The maximum absolute atomic E-state index is 13.8. The fraction of sp³-hybridized carbons (Fsp3) is 0.556. The second-order valence-corrected chi connectivity index (χ2v) is 13.0. The van der Waals surface area contributed by atoms with Crippen LogP contribution in [0.3, 0.4) is 0 Å². The maximum Gasteiger partial charge on any atom is 0.224 e. The summed E-state index contributed by atoms with van der Waals surface area (Å²) in [6.07, 6.45) is -8.81. The van der Waals surface area contributed by atoms with Crippen LogP contribution in [0.15, 0.2) is 53.6 Å². The molecule has 52 heavy (non-hydrogen) atoms. The fourth-order valence-corrected chi connectivity index (χ4v) is 6.41. The van der Waals surface area contributed by atoms with Gasteiger partial charge in [-0.25, -0.2) is 0 Å². The largest absolute Gasteiger partial charge is 0.394 e. The molecule has 6 N–H and O–H groups in total. The third-order valence-corrected chi connectivity index (χ3v) is 9.44. The maximum atomic E-state index is 13.8. The van der Waals surface area contributed by atoms with Crippen molar-refractivity contribution in [3.63, 3.8) is 0 Å². The summed E-state index contributed by atoms with van der Waals surface area (Å²) in [5, 5.41) is 50.3. The normalized spacial score (nSPS) is 27.2. The summed E-state index contributed by atoms with van der Waals surface area (Å²) >= 11 is 0. The number of aliphatic hydroxyl groups excluding tert-OH is 4. The van der Waals surface area contributed by atoms with Gasteiger partial charge in [0.1, 0.15) is 24.4 Å². The van der Waals surface area contributed by atoms with Crippen LogP contribution < -0.4 is 10.6 Å². The number of Topliss-reactive ketones (excluding diaryl/α,β-unsaturated/α-hetero) is 2. The van der Waals surface area contributed by atoms with E-state index in [9.17, 15) is 39.6 Å². The first-order valence-corrected chi connectivity index (χ1v) is 17.3. The zero-order valence-corrected chi connectivity index (χ0v) is 29.2. The zero-order chi connectivity index (χ0) is 37.8. The number of azide groups is 1. The first-order chi connectivity index (χ1) is 24.9. The molecule has 1 heterocycles. The van der Waals surface area contributed by atoms with E-state index in [0.717, 1.165) is 11.1 Å². The van der Waals surface area contributed by atoms with Crippen LogP contribution >= 0.6 is 0 Å². The third-order valence-electron chi connectivity index (χ3n) is 9.44. The number of nitrogens with zero attached hydrogens (tertiary/aromatic N) is 3. The van der Waals surface area contributed by atoms with Gasteiger partial charge in [0.25, 0.3) is 0 Å². The molecule has 1 saturated heterocycles. The van der Waals surface area contributed by atoms with Gasteiger partial charge in [0, 0.05) is 35.7 Å². The lowest BCUT2D eigenvalue weighted by molar-refractivity contribution is -0.321. The van der Waals surface area contributed by atoms with E-state index in [2.05, 4.69) is 20.7 Å². The standard InChI is InChI=1S/C36H47N5O11/c1-20(43)24-7-3-22(4-8-24)11-13-38-34(48)26-17-28(50-16-15-40-41-37)29(51-36-33(47)32(46)31(45)30(19-42)52-36)18-27(26)35(49)39-14-12-23-5-9-25(10-6-23)21(2)44/h3-10,26-33,36,42,45-47H,11-19H2,1-2H3,(H,38,48)(H,39,49)/t26-,27-,28-,29-,30+,31+,32-,33-,36-/m0/s1. The van der Waals surface area contributed by atoms with Crippen molar-refractivity contribution in [2.24, 2.45) is 17.0 Å². The molecule has 1 aliphatic carbocycles. The number of amides is 2. The minimum atomic E-state index is -1.71. The van der Waals surface area contributed by atoms with Crippen molar-refractivity contribution in [2.45, 2.75) is 82.4 Å². The molecule has 1 saturated carbocycles. The van der Waals surface area contributed by atoms with Crippen LogP contribution in [-0.4, -0.2) is 120 Å². The lowest BCUT2D eigenvalue weighted by Gasteiger charge is -2.44. The van der Waals surface area contributed by atoms with Gasteiger partial charge in [0.15, 0.2) is 17.9 Å². The van der Waals surface area contributed by atoms with Crippen molar-refractivity contribution in [1.29, 1.82) is 0 Å². The fourth-order valence-electron chi connectivity index (χ4n) is 6.41. The van der Waals surface area contributed by atoms with Crippen molar-refractivity contribution >= 4 is 23.4 Å². The molecule has 2 aromatic rings. The van der Waals surface area contributed by atoms with Crippen LogP contribution in [0.4, 0.5) is 0 Å². The third kappa shape index (κ3) is 10.9. The van der Waals surface area contributed by atoms with Crippen molar-refractivity contribution in [1.82, 2.24) is 10.6 Å². The molecule has 9 atom stereocenters. The molecule has 2 aliphatic rings. The van der Waals surface area contributed by atoms with E-state index in [1.54, 1.807) is 36.4 Å². The molecule has 1 aliphatic heterocycles. The number of aliphatic hydroxyl groups is 4. The van der Waals surface area contributed by atoms with Gasteiger partial charge in [-0.3, -0.25) is 19.2 Å². The average Bonchev–Trinajstić information content (AvgIpc) is 3.14. The number of ketones is 2. The Balaban J connectivity index is 1.52.